The van der Waals surface area contributed by atoms with Gasteiger partial charge in [-0.2, -0.15) is 0 Å². The highest BCUT2D eigenvalue weighted by atomic mass is 16.4. The Balaban J connectivity index is 2.57. The average molecular weight is 292 g/mol. The molecule has 0 atom stereocenters. The number of aryl methyl sites for hydroxylation is 1. The topological polar surface area (TPSA) is 69.6 Å². The van der Waals surface area contributed by atoms with Crippen LogP contribution in [0.25, 0.3) is 0 Å². The molecule has 0 bridgehead atoms. The van der Waals surface area contributed by atoms with Crippen LogP contribution >= 0.6 is 0 Å². The van der Waals surface area contributed by atoms with E-state index in [2.05, 4.69) is 5.32 Å². The number of carbonyl (C=O) groups is 2. The van der Waals surface area contributed by atoms with Crippen molar-refractivity contribution in [1.29, 1.82) is 0 Å². The highest BCUT2D eigenvalue weighted by Gasteiger charge is 2.11. The number of carbonyl (C=O) groups excluding carboxylic acids is 1. The Kier molecular flexibility index (Phi) is 7.29. The predicted molar refractivity (Wildman–Crippen MR) is 83.6 cm³/mol. The molecule has 5 nitrogen and oxygen atoms in total. The van der Waals surface area contributed by atoms with Gasteiger partial charge < -0.3 is 15.3 Å². The largest absolute Gasteiger partial charge is 0.481 e. The molecule has 2 amide bonds. The number of hydrogen-bond acceptors (Lipinski definition) is 2. The summed E-state index contributed by atoms with van der Waals surface area (Å²) in [5.41, 5.74) is 1.69. The Bertz CT molecular complexity index is 451. The van der Waals surface area contributed by atoms with Crippen molar-refractivity contribution in [3.05, 3.63) is 29.8 Å². The summed E-state index contributed by atoms with van der Waals surface area (Å²) in [6, 6.07) is 7.23. The van der Waals surface area contributed by atoms with E-state index in [0.29, 0.717) is 6.42 Å². The molecule has 21 heavy (non-hydrogen) atoms. The lowest BCUT2D eigenvalue weighted by molar-refractivity contribution is -0.136. The van der Waals surface area contributed by atoms with Crippen molar-refractivity contribution >= 4 is 17.7 Å². The average Bonchev–Trinajstić information content (AvgIpc) is 2.46. The Morgan fingerprint density at radius 1 is 1.10 bits per heavy atom. The van der Waals surface area contributed by atoms with Crippen LogP contribution in [0, 0.1) is 0 Å². The van der Waals surface area contributed by atoms with Crippen LogP contribution < -0.4 is 5.32 Å². The van der Waals surface area contributed by atoms with Crippen molar-refractivity contribution in [3.8, 4) is 0 Å². The fourth-order valence-corrected chi connectivity index (χ4v) is 2.06. The molecule has 0 radical (unpaired) electrons. The van der Waals surface area contributed by atoms with Crippen molar-refractivity contribution in [3.63, 3.8) is 0 Å². The van der Waals surface area contributed by atoms with Crippen molar-refractivity contribution in [2.75, 3.05) is 18.4 Å². The van der Waals surface area contributed by atoms with E-state index in [1.165, 1.54) is 0 Å². The van der Waals surface area contributed by atoms with Crippen LogP contribution in [0.5, 0.6) is 0 Å². The molecule has 2 N–H and O–H groups in total. The molecular weight excluding hydrogens is 268 g/mol. The van der Waals surface area contributed by atoms with Crippen molar-refractivity contribution in [2.45, 2.75) is 39.5 Å². The second-order valence-electron chi connectivity index (χ2n) is 5.01. The van der Waals surface area contributed by atoms with Gasteiger partial charge in [0.05, 0.1) is 0 Å². The van der Waals surface area contributed by atoms with Gasteiger partial charge in [0.15, 0.2) is 0 Å². The van der Waals surface area contributed by atoms with Crippen LogP contribution in [0.2, 0.25) is 0 Å². The fraction of sp³-hybridized carbons (Fsp3) is 0.500. The van der Waals surface area contributed by atoms with Gasteiger partial charge in [-0.05, 0) is 37.0 Å². The zero-order chi connectivity index (χ0) is 15.7. The van der Waals surface area contributed by atoms with Crippen LogP contribution in [-0.4, -0.2) is 35.1 Å². The van der Waals surface area contributed by atoms with Gasteiger partial charge in [-0.15, -0.1) is 0 Å². The normalized spacial score (nSPS) is 10.2. The van der Waals surface area contributed by atoms with Crippen molar-refractivity contribution in [2.24, 2.45) is 0 Å². The summed E-state index contributed by atoms with van der Waals surface area (Å²) in [4.78, 5) is 24.5. The van der Waals surface area contributed by atoms with E-state index in [0.717, 1.165) is 37.2 Å². The van der Waals surface area contributed by atoms with Gasteiger partial charge in [-0.25, -0.2) is 4.79 Å². The standard InChI is InChI=1S/C16H24N2O3/c1-3-11-18(12-4-2)16(21)17-14-8-5-13(6-9-14)7-10-15(19)20/h5-6,8-9H,3-4,7,10-12H2,1-2H3,(H,17,21)(H,19,20). The number of nitrogens with zero attached hydrogens (tertiary/aromatic N) is 1. The number of urea groups is 1. The lowest BCUT2D eigenvalue weighted by atomic mass is 10.1. The first-order valence-corrected chi connectivity index (χ1v) is 7.43. The lowest BCUT2D eigenvalue weighted by Crippen LogP contribution is -2.36. The van der Waals surface area contributed by atoms with Crippen LogP contribution in [0.3, 0.4) is 0 Å². The Hall–Kier alpha value is -2.04. The third-order valence-corrected chi connectivity index (χ3v) is 3.11. The minimum Gasteiger partial charge on any atom is -0.481 e. The van der Waals surface area contributed by atoms with E-state index < -0.39 is 5.97 Å². The molecule has 0 heterocycles. The maximum absolute atomic E-state index is 12.1. The molecule has 0 unspecified atom stereocenters. The number of rotatable bonds is 8. The monoisotopic (exact) mass is 292 g/mol. The van der Waals surface area contributed by atoms with Gasteiger partial charge in [0.1, 0.15) is 0 Å². The second kappa shape index (κ2) is 9.00. The predicted octanol–water partition coefficient (Wildman–Crippen LogP) is 3.36. The lowest BCUT2D eigenvalue weighted by Gasteiger charge is -2.21. The molecule has 0 aliphatic rings. The summed E-state index contributed by atoms with van der Waals surface area (Å²) < 4.78 is 0. The van der Waals surface area contributed by atoms with Crippen LogP contribution in [0.1, 0.15) is 38.7 Å². The summed E-state index contributed by atoms with van der Waals surface area (Å²) in [7, 11) is 0. The number of hydrogen-bond donors (Lipinski definition) is 2. The molecule has 0 aromatic heterocycles. The minimum atomic E-state index is -0.804. The summed E-state index contributed by atoms with van der Waals surface area (Å²) in [6.07, 6.45) is 2.48. The maximum atomic E-state index is 12.1. The summed E-state index contributed by atoms with van der Waals surface area (Å²) >= 11 is 0. The Morgan fingerprint density at radius 3 is 2.14 bits per heavy atom. The third kappa shape index (κ3) is 6.29. The number of anilines is 1. The van der Waals surface area contributed by atoms with Gasteiger partial charge in [0, 0.05) is 25.2 Å². The smallest absolute Gasteiger partial charge is 0.321 e. The first kappa shape index (κ1) is 17.0. The zero-order valence-electron chi connectivity index (χ0n) is 12.8. The first-order valence-electron chi connectivity index (χ1n) is 7.43. The molecule has 0 saturated heterocycles. The van der Waals surface area contributed by atoms with Gasteiger partial charge >= 0.3 is 12.0 Å². The summed E-state index contributed by atoms with van der Waals surface area (Å²) in [6.45, 7) is 5.59. The summed E-state index contributed by atoms with van der Waals surface area (Å²) in [5.74, 6) is -0.804. The van der Waals surface area contributed by atoms with Crippen LogP contribution in [0.15, 0.2) is 24.3 Å². The SMILES string of the molecule is CCCN(CCC)C(=O)Nc1ccc(CCC(=O)O)cc1. The molecule has 5 heteroatoms. The quantitative estimate of drug-likeness (QED) is 0.772. The third-order valence-electron chi connectivity index (χ3n) is 3.11. The van der Waals surface area contributed by atoms with E-state index in [-0.39, 0.29) is 12.5 Å². The summed E-state index contributed by atoms with van der Waals surface area (Å²) in [5, 5.41) is 11.5. The Labute approximate surface area is 126 Å². The Morgan fingerprint density at radius 2 is 1.67 bits per heavy atom. The van der Waals surface area contributed by atoms with Crippen molar-refractivity contribution < 1.29 is 14.7 Å². The zero-order valence-corrected chi connectivity index (χ0v) is 12.8. The van der Waals surface area contributed by atoms with Gasteiger partial charge in [-0.3, -0.25) is 4.79 Å². The van der Waals surface area contributed by atoms with Gasteiger partial charge in [0.25, 0.3) is 0 Å². The fourth-order valence-electron chi connectivity index (χ4n) is 2.06. The number of aliphatic carboxylic acids is 1. The number of benzene rings is 1. The number of nitrogens with one attached hydrogen (secondary N) is 1. The molecule has 0 aliphatic carbocycles. The highest BCUT2D eigenvalue weighted by molar-refractivity contribution is 5.89. The molecule has 1 aromatic rings. The van der Waals surface area contributed by atoms with Gasteiger partial charge in [-0.1, -0.05) is 26.0 Å². The number of amides is 2. The molecule has 0 aliphatic heterocycles. The molecule has 0 fully saturated rings. The van der Waals surface area contributed by atoms with E-state index in [4.69, 9.17) is 5.11 Å². The van der Waals surface area contributed by atoms with Crippen LogP contribution in [0.4, 0.5) is 10.5 Å². The van der Waals surface area contributed by atoms with Crippen LogP contribution in [-0.2, 0) is 11.2 Å². The van der Waals surface area contributed by atoms with Gasteiger partial charge in [0.2, 0.25) is 0 Å². The second-order valence-corrected chi connectivity index (χ2v) is 5.01. The molecule has 1 rings (SSSR count). The minimum absolute atomic E-state index is 0.0861. The number of carboxylic acids is 1. The highest BCUT2D eigenvalue weighted by Crippen LogP contribution is 2.12. The van der Waals surface area contributed by atoms with E-state index in [1.54, 1.807) is 4.90 Å². The van der Waals surface area contributed by atoms with E-state index in [9.17, 15) is 9.59 Å². The van der Waals surface area contributed by atoms with E-state index in [1.807, 2.05) is 38.1 Å². The molecular formula is C16H24N2O3. The molecule has 0 saturated carbocycles. The first-order chi connectivity index (χ1) is 10.1. The molecule has 116 valence electrons. The molecule has 1 aromatic carbocycles. The van der Waals surface area contributed by atoms with E-state index >= 15 is 0 Å². The van der Waals surface area contributed by atoms with Crippen molar-refractivity contribution in [1.82, 2.24) is 4.90 Å². The number of carboxylic acid groups (broad SMARTS) is 1. The maximum Gasteiger partial charge on any atom is 0.321 e. The molecule has 0 spiro atoms.